The summed E-state index contributed by atoms with van der Waals surface area (Å²) in [5.41, 5.74) is 1.52. The molecule has 9 nitrogen and oxygen atoms in total. The first-order valence-electron chi connectivity index (χ1n) is 8.56. The Hall–Kier alpha value is -3.49. The summed E-state index contributed by atoms with van der Waals surface area (Å²) in [7, 11) is 1.82. The van der Waals surface area contributed by atoms with Crippen LogP contribution in [-0.4, -0.2) is 38.2 Å². The van der Waals surface area contributed by atoms with E-state index in [1.165, 1.54) is 12.1 Å². The summed E-state index contributed by atoms with van der Waals surface area (Å²) in [5, 5.41) is 19.0. The molecule has 138 valence electrons. The molecule has 0 saturated carbocycles. The molecule has 1 aromatic carbocycles. The van der Waals surface area contributed by atoms with Crippen LogP contribution in [0.3, 0.4) is 0 Å². The standard InChI is InChI=1S/C18H18N6O3/c1-11-9-17(22(2)21-11)23-8-7-15(18(23)25)20-16-6-3-12-10-13(24(26)27)4-5-14(12)19-16/h3-6,9-10,15H,7-8H2,1-2H3,(H,19,20). The lowest BCUT2D eigenvalue weighted by Gasteiger charge is -2.17. The average Bonchev–Trinajstić information content (AvgIpc) is 3.16. The van der Waals surface area contributed by atoms with E-state index in [-0.39, 0.29) is 17.6 Å². The lowest BCUT2D eigenvalue weighted by atomic mass is 10.2. The topological polar surface area (TPSA) is 106 Å². The molecule has 0 radical (unpaired) electrons. The number of pyridine rings is 1. The van der Waals surface area contributed by atoms with E-state index in [2.05, 4.69) is 15.4 Å². The van der Waals surface area contributed by atoms with Gasteiger partial charge in [-0.05, 0) is 31.5 Å². The van der Waals surface area contributed by atoms with Crippen molar-refractivity contribution < 1.29 is 9.72 Å². The van der Waals surface area contributed by atoms with Gasteiger partial charge in [0, 0.05) is 37.2 Å². The number of nitrogens with zero attached hydrogens (tertiary/aromatic N) is 5. The van der Waals surface area contributed by atoms with Crippen molar-refractivity contribution in [2.75, 3.05) is 16.8 Å². The normalized spacial score (nSPS) is 16.9. The molecule has 1 fully saturated rings. The van der Waals surface area contributed by atoms with E-state index in [4.69, 9.17) is 0 Å². The maximum atomic E-state index is 12.8. The molecule has 27 heavy (non-hydrogen) atoms. The fourth-order valence-electron chi connectivity index (χ4n) is 3.38. The Morgan fingerprint density at radius 2 is 2.07 bits per heavy atom. The smallest absolute Gasteiger partial charge is 0.270 e. The van der Waals surface area contributed by atoms with Gasteiger partial charge in [0.15, 0.2) is 0 Å². The number of carbonyl (C=O) groups is 1. The van der Waals surface area contributed by atoms with Crippen molar-refractivity contribution in [1.82, 2.24) is 14.8 Å². The number of fused-ring (bicyclic) bond motifs is 1. The molecule has 1 amide bonds. The van der Waals surface area contributed by atoms with E-state index in [1.54, 1.807) is 27.8 Å². The first kappa shape index (κ1) is 17.0. The number of hydrogen-bond acceptors (Lipinski definition) is 6. The number of nitrogens with one attached hydrogen (secondary N) is 1. The Morgan fingerprint density at radius 3 is 2.78 bits per heavy atom. The van der Waals surface area contributed by atoms with E-state index in [1.807, 2.05) is 20.0 Å². The predicted octanol–water partition coefficient (Wildman–Crippen LogP) is 2.40. The van der Waals surface area contributed by atoms with Gasteiger partial charge in [0.05, 0.1) is 16.1 Å². The number of nitro groups is 1. The van der Waals surface area contributed by atoms with E-state index in [0.717, 1.165) is 11.5 Å². The van der Waals surface area contributed by atoms with Gasteiger partial charge in [0.25, 0.3) is 11.6 Å². The molecular formula is C18H18N6O3. The maximum absolute atomic E-state index is 12.8. The SMILES string of the molecule is Cc1cc(N2CCC(Nc3ccc4cc([N+](=O)[O-])ccc4n3)C2=O)n(C)n1. The molecular weight excluding hydrogens is 348 g/mol. The van der Waals surface area contributed by atoms with E-state index >= 15 is 0 Å². The number of hydrogen-bond donors (Lipinski definition) is 1. The van der Waals surface area contributed by atoms with Crippen LogP contribution < -0.4 is 10.2 Å². The Kier molecular flexibility index (Phi) is 3.98. The second-order valence-electron chi connectivity index (χ2n) is 6.57. The number of aryl methyl sites for hydroxylation is 2. The van der Waals surface area contributed by atoms with Gasteiger partial charge >= 0.3 is 0 Å². The van der Waals surface area contributed by atoms with E-state index in [9.17, 15) is 14.9 Å². The third-order valence-corrected chi connectivity index (χ3v) is 4.67. The van der Waals surface area contributed by atoms with E-state index < -0.39 is 4.92 Å². The van der Waals surface area contributed by atoms with Gasteiger partial charge in [0.1, 0.15) is 17.7 Å². The number of non-ortho nitro benzene ring substituents is 1. The molecule has 3 heterocycles. The molecule has 9 heteroatoms. The Labute approximate surface area is 154 Å². The number of rotatable bonds is 4. The predicted molar refractivity (Wildman–Crippen MR) is 101 cm³/mol. The molecule has 0 bridgehead atoms. The average molecular weight is 366 g/mol. The molecule has 1 atom stereocenters. The molecule has 1 N–H and O–H groups in total. The zero-order chi connectivity index (χ0) is 19.1. The quantitative estimate of drug-likeness (QED) is 0.561. The summed E-state index contributed by atoms with van der Waals surface area (Å²) in [5.74, 6) is 1.32. The monoisotopic (exact) mass is 366 g/mol. The van der Waals surface area contributed by atoms with Crippen molar-refractivity contribution >= 4 is 34.1 Å². The van der Waals surface area contributed by atoms with Gasteiger partial charge < -0.3 is 5.32 Å². The Bertz CT molecular complexity index is 1060. The molecule has 2 aromatic heterocycles. The summed E-state index contributed by atoms with van der Waals surface area (Å²) in [4.78, 5) is 29.4. The zero-order valence-electron chi connectivity index (χ0n) is 14.9. The summed E-state index contributed by atoms with van der Waals surface area (Å²) in [6.07, 6.45) is 0.656. The van der Waals surface area contributed by atoms with Gasteiger partial charge in [0.2, 0.25) is 0 Å². The Balaban J connectivity index is 1.54. The minimum absolute atomic E-state index is 0.0244. The van der Waals surface area contributed by atoms with Gasteiger partial charge in [-0.25, -0.2) is 4.98 Å². The number of anilines is 2. The number of benzene rings is 1. The van der Waals surface area contributed by atoms with Crippen LogP contribution in [0.1, 0.15) is 12.1 Å². The second kappa shape index (κ2) is 6.35. The lowest BCUT2D eigenvalue weighted by molar-refractivity contribution is -0.384. The van der Waals surface area contributed by atoms with Crippen molar-refractivity contribution in [3.8, 4) is 0 Å². The van der Waals surface area contributed by atoms with Gasteiger partial charge in [-0.1, -0.05) is 0 Å². The van der Waals surface area contributed by atoms with Crippen molar-refractivity contribution in [2.24, 2.45) is 7.05 Å². The number of amides is 1. The minimum atomic E-state index is -0.433. The Morgan fingerprint density at radius 1 is 1.26 bits per heavy atom. The van der Waals surface area contributed by atoms with Crippen molar-refractivity contribution in [1.29, 1.82) is 0 Å². The van der Waals surface area contributed by atoms with Crippen molar-refractivity contribution in [2.45, 2.75) is 19.4 Å². The van der Waals surface area contributed by atoms with Crippen LogP contribution in [0.4, 0.5) is 17.3 Å². The van der Waals surface area contributed by atoms with Crippen LogP contribution in [0.2, 0.25) is 0 Å². The van der Waals surface area contributed by atoms with Crippen LogP contribution in [0.15, 0.2) is 36.4 Å². The number of carbonyl (C=O) groups excluding carboxylic acids is 1. The highest BCUT2D eigenvalue weighted by Crippen LogP contribution is 2.25. The van der Waals surface area contributed by atoms with Crippen molar-refractivity contribution in [3.05, 3.63) is 52.2 Å². The van der Waals surface area contributed by atoms with Gasteiger partial charge in [-0.15, -0.1) is 0 Å². The van der Waals surface area contributed by atoms with Crippen LogP contribution in [0.25, 0.3) is 10.9 Å². The number of nitro benzene ring substituents is 1. The molecule has 1 aliphatic rings. The number of aromatic nitrogens is 3. The maximum Gasteiger partial charge on any atom is 0.270 e. The first-order chi connectivity index (χ1) is 12.9. The molecule has 1 aliphatic heterocycles. The van der Waals surface area contributed by atoms with Crippen LogP contribution in [0.5, 0.6) is 0 Å². The van der Waals surface area contributed by atoms with Gasteiger partial charge in [-0.3, -0.25) is 24.5 Å². The lowest BCUT2D eigenvalue weighted by Crippen LogP contribution is -2.34. The minimum Gasteiger partial charge on any atom is -0.358 e. The second-order valence-corrected chi connectivity index (χ2v) is 6.57. The third kappa shape index (κ3) is 3.07. The zero-order valence-corrected chi connectivity index (χ0v) is 14.9. The fourth-order valence-corrected chi connectivity index (χ4v) is 3.38. The highest BCUT2D eigenvalue weighted by molar-refractivity contribution is 6.00. The van der Waals surface area contributed by atoms with E-state index in [0.29, 0.717) is 29.7 Å². The first-order valence-corrected chi connectivity index (χ1v) is 8.56. The molecule has 0 aliphatic carbocycles. The van der Waals surface area contributed by atoms with Gasteiger partial charge in [-0.2, -0.15) is 5.10 Å². The summed E-state index contributed by atoms with van der Waals surface area (Å²) >= 11 is 0. The van der Waals surface area contributed by atoms with Crippen LogP contribution >= 0.6 is 0 Å². The molecule has 1 saturated heterocycles. The molecule has 1 unspecified atom stereocenters. The fraction of sp³-hybridized carbons (Fsp3) is 0.278. The van der Waals surface area contributed by atoms with Crippen molar-refractivity contribution in [3.63, 3.8) is 0 Å². The molecule has 3 aromatic rings. The third-order valence-electron chi connectivity index (χ3n) is 4.67. The highest BCUT2D eigenvalue weighted by atomic mass is 16.6. The summed E-state index contributed by atoms with van der Waals surface area (Å²) in [6, 6.07) is 9.53. The largest absolute Gasteiger partial charge is 0.358 e. The molecule has 0 spiro atoms. The summed E-state index contributed by atoms with van der Waals surface area (Å²) < 4.78 is 1.71. The highest BCUT2D eigenvalue weighted by Gasteiger charge is 2.34. The van der Waals surface area contributed by atoms with Crippen LogP contribution in [-0.2, 0) is 11.8 Å². The molecule has 4 rings (SSSR count). The summed E-state index contributed by atoms with van der Waals surface area (Å²) in [6.45, 7) is 2.50. The van der Waals surface area contributed by atoms with Crippen LogP contribution in [0, 0.1) is 17.0 Å².